The third kappa shape index (κ3) is 11.9. The van der Waals surface area contributed by atoms with Crippen molar-refractivity contribution in [1.82, 2.24) is 31.5 Å². The average molecular weight is 729 g/mol. The third-order valence-electron chi connectivity index (χ3n) is 11.5. The van der Waals surface area contributed by atoms with Gasteiger partial charge in [0.15, 0.2) is 0 Å². The summed E-state index contributed by atoms with van der Waals surface area (Å²) < 4.78 is 0. The lowest BCUT2D eigenvalue weighted by molar-refractivity contribution is -0.143. The van der Waals surface area contributed by atoms with Crippen molar-refractivity contribution in [2.24, 2.45) is 29.6 Å². The molecule has 6 amide bonds. The van der Waals surface area contributed by atoms with Crippen LogP contribution in [0.15, 0.2) is 0 Å². The number of rotatable bonds is 9. The SMILES string of the molecule is CC(C)C[C@@H]1NC(=O)C(C2CCCCC2)NC(=O)[C@@H](CC(C)C)NC(=O)C(CC2CCCCC2)NC(=O)[C@@H](CC(C)C)NC(=O)[C@H]2CCCN2C1=O. The summed E-state index contributed by atoms with van der Waals surface area (Å²) in [4.78, 5) is 86.6. The van der Waals surface area contributed by atoms with Gasteiger partial charge in [0.05, 0.1) is 0 Å². The molecule has 52 heavy (non-hydrogen) atoms. The number of amides is 6. The molecule has 12 heteroatoms. The maximum Gasteiger partial charge on any atom is 0.245 e. The summed E-state index contributed by atoms with van der Waals surface area (Å²) in [5.74, 6) is -2.14. The highest BCUT2D eigenvalue weighted by Gasteiger charge is 2.42. The lowest BCUT2D eigenvalue weighted by Gasteiger charge is -2.35. The Balaban J connectivity index is 1.75. The van der Waals surface area contributed by atoms with Crippen LogP contribution in [0.5, 0.6) is 0 Å². The first-order valence-corrected chi connectivity index (χ1v) is 20.6. The number of carbonyl (C=O) groups is 6. The fraction of sp³-hybridized carbons (Fsp3) is 0.850. The van der Waals surface area contributed by atoms with E-state index in [0.29, 0.717) is 45.1 Å². The quantitative estimate of drug-likeness (QED) is 0.240. The van der Waals surface area contributed by atoms with Crippen molar-refractivity contribution in [1.29, 1.82) is 0 Å². The van der Waals surface area contributed by atoms with Gasteiger partial charge in [-0.1, -0.05) is 92.9 Å². The van der Waals surface area contributed by atoms with Crippen molar-refractivity contribution < 1.29 is 28.8 Å². The van der Waals surface area contributed by atoms with E-state index in [2.05, 4.69) is 26.6 Å². The molecule has 0 aromatic rings. The normalized spacial score (nSPS) is 30.0. The van der Waals surface area contributed by atoms with Crippen molar-refractivity contribution in [3.8, 4) is 0 Å². The summed E-state index contributed by atoms with van der Waals surface area (Å²) in [5.41, 5.74) is 0. The lowest BCUT2D eigenvalue weighted by Crippen LogP contribution is -2.62. The second-order valence-electron chi connectivity index (χ2n) is 17.4. The highest BCUT2D eigenvalue weighted by Crippen LogP contribution is 2.29. The van der Waals surface area contributed by atoms with E-state index in [0.717, 1.165) is 64.2 Å². The van der Waals surface area contributed by atoms with Gasteiger partial charge in [-0.3, -0.25) is 28.8 Å². The van der Waals surface area contributed by atoms with E-state index in [1.807, 2.05) is 41.5 Å². The van der Waals surface area contributed by atoms with E-state index in [1.165, 1.54) is 0 Å². The molecule has 12 nitrogen and oxygen atoms in total. The number of nitrogens with zero attached hydrogens (tertiary/aromatic N) is 1. The highest BCUT2D eigenvalue weighted by atomic mass is 16.2. The minimum atomic E-state index is -0.930. The van der Waals surface area contributed by atoms with Crippen LogP contribution in [-0.2, 0) is 28.8 Å². The Morgan fingerprint density at radius 1 is 0.500 bits per heavy atom. The summed E-state index contributed by atoms with van der Waals surface area (Å²) in [6.07, 6.45) is 12.2. The minimum absolute atomic E-state index is 0.0503. The first-order chi connectivity index (χ1) is 24.7. The maximum atomic E-state index is 14.3. The van der Waals surface area contributed by atoms with E-state index >= 15 is 0 Å². The van der Waals surface area contributed by atoms with Crippen molar-refractivity contribution in [2.75, 3.05) is 6.54 Å². The van der Waals surface area contributed by atoms with E-state index in [4.69, 9.17) is 0 Å². The zero-order valence-corrected chi connectivity index (χ0v) is 32.8. The van der Waals surface area contributed by atoms with Gasteiger partial charge in [0.1, 0.15) is 36.3 Å². The maximum absolute atomic E-state index is 14.3. The fourth-order valence-electron chi connectivity index (χ4n) is 8.78. The van der Waals surface area contributed by atoms with E-state index in [1.54, 1.807) is 4.90 Å². The second kappa shape index (κ2) is 19.8. The Hall–Kier alpha value is -3.18. The summed E-state index contributed by atoms with van der Waals surface area (Å²) in [6, 6.07) is -5.30. The van der Waals surface area contributed by atoms with Gasteiger partial charge in [-0.2, -0.15) is 0 Å². The molecule has 2 saturated heterocycles. The molecule has 0 aromatic carbocycles. The summed E-state index contributed by atoms with van der Waals surface area (Å²) in [5, 5.41) is 15.0. The molecule has 2 aliphatic carbocycles. The monoisotopic (exact) mass is 729 g/mol. The van der Waals surface area contributed by atoms with Crippen LogP contribution in [-0.4, -0.2) is 83.1 Å². The number of fused-ring (bicyclic) bond motifs is 1. The Bertz CT molecular complexity index is 1240. The molecular weight excluding hydrogens is 660 g/mol. The largest absolute Gasteiger partial charge is 0.343 e. The van der Waals surface area contributed by atoms with Crippen LogP contribution in [0.4, 0.5) is 0 Å². The van der Waals surface area contributed by atoms with E-state index < -0.39 is 65.8 Å². The number of carbonyl (C=O) groups excluding carboxylic acids is 6. The third-order valence-corrected chi connectivity index (χ3v) is 11.5. The van der Waals surface area contributed by atoms with Gasteiger partial charge in [-0.05, 0) is 81.0 Å². The topological polar surface area (TPSA) is 166 Å². The van der Waals surface area contributed by atoms with Crippen molar-refractivity contribution in [3.63, 3.8) is 0 Å². The Morgan fingerprint density at radius 3 is 1.54 bits per heavy atom. The van der Waals surface area contributed by atoms with Gasteiger partial charge in [0.2, 0.25) is 35.4 Å². The molecule has 0 bridgehead atoms. The van der Waals surface area contributed by atoms with Crippen LogP contribution in [0.3, 0.4) is 0 Å². The van der Waals surface area contributed by atoms with Crippen molar-refractivity contribution in [2.45, 2.75) is 181 Å². The first-order valence-electron chi connectivity index (χ1n) is 20.6. The Morgan fingerprint density at radius 2 is 0.962 bits per heavy atom. The van der Waals surface area contributed by atoms with Crippen LogP contribution >= 0.6 is 0 Å². The molecule has 6 atom stereocenters. The Labute approximate surface area is 311 Å². The molecule has 2 saturated carbocycles. The summed E-state index contributed by atoms with van der Waals surface area (Å²) >= 11 is 0. The number of hydrogen-bond donors (Lipinski definition) is 5. The molecule has 0 aromatic heterocycles. The van der Waals surface area contributed by atoms with E-state index in [-0.39, 0.29) is 35.5 Å². The smallest absolute Gasteiger partial charge is 0.245 e. The average Bonchev–Trinajstić information content (AvgIpc) is 3.59. The second-order valence-corrected chi connectivity index (χ2v) is 17.4. The number of hydrogen-bond acceptors (Lipinski definition) is 6. The van der Waals surface area contributed by atoms with Crippen LogP contribution < -0.4 is 26.6 Å². The fourth-order valence-corrected chi connectivity index (χ4v) is 8.78. The van der Waals surface area contributed by atoms with Crippen LogP contribution in [0, 0.1) is 29.6 Å². The lowest BCUT2D eigenvalue weighted by atomic mass is 9.83. The van der Waals surface area contributed by atoms with Gasteiger partial charge in [0.25, 0.3) is 0 Å². The molecule has 2 unspecified atom stereocenters. The van der Waals surface area contributed by atoms with Gasteiger partial charge >= 0.3 is 0 Å². The van der Waals surface area contributed by atoms with Crippen molar-refractivity contribution >= 4 is 35.4 Å². The van der Waals surface area contributed by atoms with E-state index in [9.17, 15) is 28.8 Å². The van der Waals surface area contributed by atoms with Gasteiger partial charge in [-0.15, -0.1) is 0 Å². The molecule has 4 aliphatic rings. The van der Waals surface area contributed by atoms with Gasteiger partial charge < -0.3 is 31.5 Å². The van der Waals surface area contributed by atoms with Crippen molar-refractivity contribution in [3.05, 3.63) is 0 Å². The molecule has 294 valence electrons. The zero-order valence-electron chi connectivity index (χ0n) is 32.8. The predicted octanol–water partition coefficient (Wildman–Crippen LogP) is 4.10. The molecule has 4 fully saturated rings. The molecule has 2 aliphatic heterocycles. The molecular formula is C40H68N6O6. The van der Waals surface area contributed by atoms with Gasteiger partial charge in [-0.25, -0.2) is 0 Å². The molecule has 5 N–H and O–H groups in total. The minimum Gasteiger partial charge on any atom is -0.343 e. The summed E-state index contributed by atoms with van der Waals surface area (Å²) in [6.45, 7) is 12.2. The zero-order chi connectivity index (χ0) is 37.9. The summed E-state index contributed by atoms with van der Waals surface area (Å²) in [7, 11) is 0. The standard InChI is InChI=1S/C40H68N6O6/c1-24(2)20-29-35(47)42-31(23-27-14-9-7-10-15-27)36(48)41-30(21-25(3)4)37(49)45-34(28-16-11-8-12-17-28)39(51)44-32(22-26(5)6)40(52)46-19-13-18-33(46)38(50)43-29/h24-34H,7-23H2,1-6H3,(H,41,48)(H,42,47)(H,43,50)(H,44,51)(H,45,49)/t29-,30-,31?,32+,33-,34?/m1/s1. The predicted molar refractivity (Wildman–Crippen MR) is 201 cm³/mol. The number of nitrogens with one attached hydrogen (secondary N) is 5. The van der Waals surface area contributed by atoms with Crippen LogP contribution in [0.1, 0.15) is 144 Å². The Kier molecular flexibility index (Phi) is 15.8. The molecule has 4 rings (SSSR count). The molecule has 0 radical (unpaired) electrons. The highest BCUT2D eigenvalue weighted by molar-refractivity contribution is 5.98. The van der Waals surface area contributed by atoms with Crippen LogP contribution in [0.25, 0.3) is 0 Å². The van der Waals surface area contributed by atoms with Crippen LogP contribution in [0.2, 0.25) is 0 Å². The first kappa shape index (κ1) is 41.6. The molecule has 2 heterocycles. The molecule has 0 spiro atoms. The van der Waals surface area contributed by atoms with Gasteiger partial charge in [0, 0.05) is 6.54 Å².